The molecule has 152 valence electrons. The van der Waals surface area contributed by atoms with Gasteiger partial charge in [-0.1, -0.05) is 54.4 Å². The average Bonchev–Trinajstić information content (AvgIpc) is 2.41. The highest BCUT2D eigenvalue weighted by molar-refractivity contribution is 5.74. The van der Waals surface area contributed by atoms with Gasteiger partial charge in [0.05, 0.1) is 11.5 Å². The first-order valence-corrected chi connectivity index (χ1v) is 10.3. The molecule has 4 unspecified atom stereocenters. The van der Waals surface area contributed by atoms with Crippen LogP contribution in [-0.4, -0.2) is 34.0 Å². The number of carbonyl (C=O) groups is 1. The Morgan fingerprint density at radius 1 is 1.19 bits per heavy atom. The molecule has 0 heterocycles. The Hall–Kier alpha value is -0.610. The van der Waals surface area contributed by atoms with Crippen LogP contribution in [0.3, 0.4) is 0 Å². The summed E-state index contributed by atoms with van der Waals surface area (Å²) >= 11 is 0. The van der Waals surface area contributed by atoms with Gasteiger partial charge >= 0.3 is 5.97 Å². The van der Waals surface area contributed by atoms with Crippen molar-refractivity contribution in [2.75, 3.05) is 6.61 Å². The standard InChI is InChI=1S/C22H40O4/c1-19(2,3)14-17(20(4,5)6)18(24)26-22(10-11-23)13-16-8-7-9-21(25,12-16)15-22/h16-17,23,25H,7-15H2,1-6H3. The lowest BCUT2D eigenvalue weighted by atomic mass is 9.62. The zero-order valence-corrected chi connectivity index (χ0v) is 17.7. The third-order valence-electron chi connectivity index (χ3n) is 6.27. The summed E-state index contributed by atoms with van der Waals surface area (Å²) < 4.78 is 6.20. The number of carbonyl (C=O) groups excluding carboxylic acids is 1. The van der Waals surface area contributed by atoms with Gasteiger partial charge in [-0.05, 0) is 42.4 Å². The Labute approximate surface area is 159 Å². The first-order chi connectivity index (χ1) is 11.8. The Balaban J connectivity index is 2.23. The second-order valence-electron chi connectivity index (χ2n) is 11.3. The molecule has 4 heteroatoms. The maximum atomic E-state index is 13.3. The third-order valence-corrected chi connectivity index (χ3v) is 6.27. The lowest BCUT2D eigenvalue weighted by molar-refractivity contribution is -0.196. The summed E-state index contributed by atoms with van der Waals surface area (Å²) in [5.74, 6) is 0.0245. The molecular formula is C22H40O4. The minimum atomic E-state index is -0.738. The fourth-order valence-electron chi connectivity index (χ4n) is 5.16. The predicted octanol–water partition coefficient (Wildman–Crippen LogP) is 4.46. The summed E-state index contributed by atoms with van der Waals surface area (Å²) in [5.41, 5.74) is -1.61. The second-order valence-corrected chi connectivity index (χ2v) is 11.3. The first kappa shape index (κ1) is 21.7. The SMILES string of the molecule is CC(C)(C)CC(C(=O)OC1(CCO)CC2CCCC(O)(C2)C1)C(C)(C)C. The number of esters is 1. The van der Waals surface area contributed by atoms with E-state index in [1.165, 1.54) is 0 Å². The molecule has 0 amide bonds. The van der Waals surface area contributed by atoms with Crippen molar-refractivity contribution in [3.05, 3.63) is 0 Å². The van der Waals surface area contributed by atoms with Crippen LogP contribution in [0.15, 0.2) is 0 Å². The van der Waals surface area contributed by atoms with Gasteiger partial charge in [-0.3, -0.25) is 4.79 Å². The largest absolute Gasteiger partial charge is 0.459 e. The van der Waals surface area contributed by atoms with Crippen molar-refractivity contribution < 1.29 is 19.7 Å². The monoisotopic (exact) mass is 368 g/mol. The van der Waals surface area contributed by atoms with Crippen LogP contribution in [0.25, 0.3) is 0 Å². The van der Waals surface area contributed by atoms with E-state index in [9.17, 15) is 15.0 Å². The van der Waals surface area contributed by atoms with Crippen molar-refractivity contribution in [1.29, 1.82) is 0 Å². The molecule has 2 bridgehead atoms. The van der Waals surface area contributed by atoms with Crippen LogP contribution in [-0.2, 0) is 9.53 Å². The molecule has 26 heavy (non-hydrogen) atoms. The van der Waals surface area contributed by atoms with E-state index in [1.807, 2.05) is 0 Å². The highest BCUT2D eigenvalue weighted by Gasteiger charge is 2.52. The van der Waals surface area contributed by atoms with E-state index in [1.54, 1.807) is 0 Å². The number of ether oxygens (including phenoxy) is 1. The van der Waals surface area contributed by atoms with Crippen molar-refractivity contribution >= 4 is 5.97 Å². The second kappa shape index (κ2) is 7.43. The van der Waals surface area contributed by atoms with Crippen molar-refractivity contribution in [2.45, 2.75) is 104 Å². The normalized spacial score (nSPS) is 33.6. The summed E-state index contributed by atoms with van der Waals surface area (Å²) in [6.45, 7) is 12.7. The molecule has 0 spiro atoms. The lowest BCUT2D eigenvalue weighted by Gasteiger charge is -2.51. The fourth-order valence-corrected chi connectivity index (χ4v) is 5.16. The van der Waals surface area contributed by atoms with Crippen LogP contribution in [0.4, 0.5) is 0 Å². The smallest absolute Gasteiger partial charge is 0.310 e. The molecule has 2 rings (SSSR count). The van der Waals surface area contributed by atoms with Crippen LogP contribution in [0.5, 0.6) is 0 Å². The summed E-state index contributed by atoms with van der Waals surface area (Å²) in [6.07, 6.45) is 6.13. The third kappa shape index (κ3) is 5.45. The molecule has 2 fully saturated rings. The average molecular weight is 369 g/mol. The van der Waals surface area contributed by atoms with Crippen LogP contribution in [0, 0.1) is 22.7 Å². The molecule has 0 radical (unpaired) electrons. The summed E-state index contributed by atoms with van der Waals surface area (Å²) in [7, 11) is 0. The van der Waals surface area contributed by atoms with Gasteiger partial charge in [0.1, 0.15) is 5.60 Å². The number of hydrogen-bond acceptors (Lipinski definition) is 4. The summed E-state index contributed by atoms with van der Waals surface area (Å²) in [5, 5.41) is 20.6. The summed E-state index contributed by atoms with van der Waals surface area (Å²) in [6, 6.07) is 0. The molecular weight excluding hydrogens is 328 g/mol. The van der Waals surface area contributed by atoms with E-state index in [-0.39, 0.29) is 29.3 Å². The Kier molecular flexibility index (Phi) is 6.19. The minimum absolute atomic E-state index is 0.0183. The van der Waals surface area contributed by atoms with Gasteiger partial charge in [-0.15, -0.1) is 0 Å². The number of aliphatic hydroxyl groups is 2. The van der Waals surface area contributed by atoms with Crippen molar-refractivity contribution in [3.63, 3.8) is 0 Å². The topological polar surface area (TPSA) is 66.8 Å². The summed E-state index contributed by atoms with van der Waals surface area (Å²) in [4.78, 5) is 13.3. The molecule has 2 aliphatic carbocycles. The van der Waals surface area contributed by atoms with Crippen LogP contribution >= 0.6 is 0 Å². The molecule has 2 aliphatic rings. The predicted molar refractivity (Wildman–Crippen MR) is 104 cm³/mol. The van der Waals surface area contributed by atoms with Crippen molar-refractivity contribution in [1.82, 2.24) is 0 Å². The molecule has 0 saturated heterocycles. The number of rotatable bonds is 5. The van der Waals surface area contributed by atoms with Gasteiger partial charge in [0.15, 0.2) is 0 Å². The van der Waals surface area contributed by atoms with E-state index in [0.29, 0.717) is 18.8 Å². The number of aliphatic hydroxyl groups excluding tert-OH is 1. The highest BCUT2D eigenvalue weighted by atomic mass is 16.6. The number of hydrogen-bond donors (Lipinski definition) is 2. The van der Waals surface area contributed by atoms with Gasteiger partial charge in [0.2, 0.25) is 0 Å². The van der Waals surface area contributed by atoms with Crippen LogP contribution in [0.1, 0.15) is 92.9 Å². The zero-order chi connectivity index (χ0) is 19.8. The van der Waals surface area contributed by atoms with E-state index >= 15 is 0 Å². The molecule has 4 atom stereocenters. The van der Waals surface area contributed by atoms with E-state index < -0.39 is 11.2 Å². The highest BCUT2D eigenvalue weighted by Crippen LogP contribution is 2.50. The zero-order valence-electron chi connectivity index (χ0n) is 17.7. The van der Waals surface area contributed by atoms with Crippen molar-refractivity contribution in [3.8, 4) is 0 Å². The van der Waals surface area contributed by atoms with Crippen LogP contribution < -0.4 is 0 Å². The molecule has 0 aromatic heterocycles. The molecule has 2 N–H and O–H groups in total. The molecule has 0 aromatic rings. The van der Waals surface area contributed by atoms with Gasteiger partial charge in [-0.2, -0.15) is 0 Å². The maximum absolute atomic E-state index is 13.3. The molecule has 4 nitrogen and oxygen atoms in total. The number of fused-ring (bicyclic) bond motifs is 2. The first-order valence-electron chi connectivity index (χ1n) is 10.3. The van der Waals surface area contributed by atoms with Gasteiger partial charge < -0.3 is 14.9 Å². The quantitative estimate of drug-likeness (QED) is 0.703. The van der Waals surface area contributed by atoms with E-state index in [0.717, 1.165) is 38.5 Å². The van der Waals surface area contributed by atoms with E-state index in [4.69, 9.17) is 4.74 Å². The van der Waals surface area contributed by atoms with Gasteiger partial charge in [0.25, 0.3) is 0 Å². The minimum Gasteiger partial charge on any atom is -0.459 e. The Bertz CT molecular complexity index is 501. The lowest BCUT2D eigenvalue weighted by Crippen LogP contribution is -2.54. The van der Waals surface area contributed by atoms with Crippen LogP contribution in [0.2, 0.25) is 0 Å². The van der Waals surface area contributed by atoms with E-state index in [2.05, 4.69) is 41.5 Å². The van der Waals surface area contributed by atoms with Crippen molar-refractivity contribution in [2.24, 2.45) is 22.7 Å². The Morgan fingerprint density at radius 3 is 2.35 bits per heavy atom. The van der Waals surface area contributed by atoms with Gasteiger partial charge in [0, 0.05) is 19.4 Å². The maximum Gasteiger partial charge on any atom is 0.310 e. The molecule has 0 aromatic carbocycles. The fraction of sp³-hybridized carbons (Fsp3) is 0.955. The molecule has 2 saturated carbocycles. The molecule has 0 aliphatic heterocycles. The Morgan fingerprint density at radius 2 is 1.85 bits per heavy atom. The van der Waals surface area contributed by atoms with Gasteiger partial charge in [-0.25, -0.2) is 0 Å².